The summed E-state index contributed by atoms with van der Waals surface area (Å²) in [5.74, 6) is 1.13. The summed E-state index contributed by atoms with van der Waals surface area (Å²) in [5.41, 5.74) is 6.36. The van der Waals surface area contributed by atoms with Crippen molar-refractivity contribution in [1.29, 1.82) is 0 Å². The first-order valence-electron chi connectivity index (χ1n) is 6.19. The predicted molar refractivity (Wildman–Crippen MR) is 67.8 cm³/mol. The number of hydrogen-bond donors (Lipinski definition) is 1. The lowest BCUT2D eigenvalue weighted by atomic mass is 9.82. The van der Waals surface area contributed by atoms with E-state index in [9.17, 15) is 0 Å². The highest BCUT2D eigenvalue weighted by atomic mass is 16.5. The van der Waals surface area contributed by atoms with Crippen LogP contribution in [0.5, 0.6) is 0 Å². The first-order valence-corrected chi connectivity index (χ1v) is 6.19. The molecule has 0 saturated carbocycles. The normalized spacial score (nSPS) is 12.0. The highest BCUT2D eigenvalue weighted by Gasteiger charge is 2.33. The van der Waals surface area contributed by atoms with E-state index in [2.05, 4.69) is 29.1 Å². The maximum Gasteiger partial charge on any atom is 0.234 e. The van der Waals surface area contributed by atoms with Crippen molar-refractivity contribution in [1.82, 2.24) is 19.9 Å². The Bertz CT molecular complexity index is 504. The fourth-order valence-corrected chi connectivity index (χ4v) is 2.01. The van der Waals surface area contributed by atoms with Gasteiger partial charge in [0.15, 0.2) is 0 Å². The van der Waals surface area contributed by atoms with Crippen molar-refractivity contribution < 1.29 is 4.52 Å². The summed E-state index contributed by atoms with van der Waals surface area (Å²) in [6.07, 6.45) is 3.61. The SMILES string of the molecule is CCC(CC)(CN)c1nc(-c2ccn(C)n2)no1. The van der Waals surface area contributed by atoms with Gasteiger partial charge < -0.3 is 10.3 Å². The quantitative estimate of drug-likeness (QED) is 0.868. The van der Waals surface area contributed by atoms with Crippen LogP contribution in [0.15, 0.2) is 16.8 Å². The van der Waals surface area contributed by atoms with Gasteiger partial charge in [-0.15, -0.1) is 0 Å². The number of aromatic nitrogens is 4. The van der Waals surface area contributed by atoms with Crippen LogP contribution in [0.2, 0.25) is 0 Å². The Hall–Kier alpha value is -1.69. The molecular weight excluding hydrogens is 230 g/mol. The molecule has 0 fully saturated rings. The van der Waals surface area contributed by atoms with Crippen molar-refractivity contribution in [3.05, 3.63) is 18.2 Å². The molecule has 0 aromatic carbocycles. The zero-order chi connectivity index (χ0) is 13.2. The molecule has 2 heterocycles. The average Bonchev–Trinajstić information content (AvgIpc) is 3.01. The van der Waals surface area contributed by atoms with Gasteiger partial charge in [-0.05, 0) is 18.9 Å². The number of nitrogens with zero attached hydrogens (tertiary/aromatic N) is 4. The molecule has 2 N–H and O–H groups in total. The Morgan fingerprint density at radius 3 is 2.61 bits per heavy atom. The number of nitrogens with two attached hydrogens (primary N) is 1. The molecule has 0 amide bonds. The Morgan fingerprint density at radius 2 is 2.11 bits per heavy atom. The summed E-state index contributed by atoms with van der Waals surface area (Å²) in [6.45, 7) is 4.67. The molecule has 2 rings (SSSR count). The Kier molecular flexibility index (Phi) is 3.47. The molecule has 0 unspecified atom stereocenters. The minimum Gasteiger partial charge on any atom is -0.338 e. The molecular formula is C12H19N5O. The topological polar surface area (TPSA) is 82.8 Å². The van der Waals surface area contributed by atoms with E-state index < -0.39 is 0 Å². The molecule has 0 aliphatic carbocycles. The van der Waals surface area contributed by atoms with Crippen molar-refractivity contribution in [2.75, 3.05) is 6.54 Å². The molecule has 0 atom stereocenters. The monoisotopic (exact) mass is 249 g/mol. The molecule has 0 aliphatic heterocycles. The second-order valence-corrected chi connectivity index (χ2v) is 4.49. The van der Waals surface area contributed by atoms with Crippen LogP contribution in [0.25, 0.3) is 11.5 Å². The van der Waals surface area contributed by atoms with Gasteiger partial charge in [-0.3, -0.25) is 4.68 Å². The Labute approximate surface area is 106 Å². The second-order valence-electron chi connectivity index (χ2n) is 4.49. The largest absolute Gasteiger partial charge is 0.338 e. The molecule has 6 heteroatoms. The van der Waals surface area contributed by atoms with E-state index in [1.54, 1.807) is 4.68 Å². The van der Waals surface area contributed by atoms with Crippen LogP contribution in [-0.2, 0) is 12.5 Å². The third kappa shape index (κ3) is 2.03. The van der Waals surface area contributed by atoms with E-state index in [0.29, 0.717) is 24.0 Å². The van der Waals surface area contributed by atoms with Crippen LogP contribution < -0.4 is 5.73 Å². The van der Waals surface area contributed by atoms with Gasteiger partial charge in [0.1, 0.15) is 5.69 Å². The standard InChI is InChI=1S/C12H19N5O/c1-4-12(5-2,8-13)11-14-10(16-18-11)9-6-7-17(3)15-9/h6-7H,4-5,8,13H2,1-3H3. The van der Waals surface area contributed by atoms with Crippen LogP contribution in [0.4, 0.5) is 0 Å². The van der Waals surface area contributed by atoms with Gasteiger partial charge >= 0.3 is 0 Å². The summed E-state index contributed by atoms with van der Waals surface area (Å²) in [7, 11) is 1.85. The highest BCUT2D eigenvalue weighted by molar-refractivity contribution is 5.46. The van der Waals surface area contributed by atoms with Crippen molar-refractivity contribution in [2.45, 2.75) is 32.1 Å². The van der Waals surface area contributed by atoms with Crippen LogP contribution in [0.1, 0.15) is 32.6 Å². The van der Waals surface area contributed by atoms with Gasteiger partial charge in [0.25, 0.3) is 0 Å². The van der Waals surface area contributed by atoms with Gasteiger partial charge in [-0.25, -0.2) is 0 Å². The number of hydrogen-bond acceptors (Lipinski definition) is 5. The minimum atomic E-state index is -0.222. The van der Waals surface area contributed by atoms with Crippen molar-refractivity contribution in [2.24, 2.45) is 12.8 Å². The maximum atomic E-state index is 5.87. The lowest BCUT2D eigenvalue weighted by Gasteiger charge is -2.24. The molecule has 6 nitrogen and oxygen atoms in total. The van der Waals surface area contributed by atoms with E-state index in [-0.39, 0.29) is 5.41 Å². The summed E-state index contributed by atoms with van der Waals surface area (Å²) in [4.78, 5) is 4.45. The summed E-state index contributed by atoms with van der Waals surface area (Å²) < 4.78 is 7.09. The molecule has 2 aromatic heterocycles. The number of aryl methyl sites for hydroxylation is 1. The van der Waals surface area contributed by atoms with Crippen LogP contribution in [-0.4, -0.2) is 26.5 Å². The van der Waals surface area contributed by atoms with E-state index in [1.165, 1.54) is 0 Å². The molecule has 2 aromatic rings. The number of rotatable bonds is 5. The zero-order valence-corrected chi connectivity index (χ0v) is 11.1. The zero-order valence-electron chi connectivity index (χ0n) is 11.1. The molecule has 18 heavy (non-hydrogen) atoms. The van der Waals surface area contributed by atoms with Gasteiger partial charge in [0.2, 0.25) is 11.7 Å². The van der Waals surface area contributed by atoms with Crippen LogP contribution in [0.3, 0.4) is 0 Å². The summed E-state index contributed by atoms with van der Waals surface area (Å²) in [5, 5.41) is 8.25. The van der Waals surface area contributed by atoms with Gasteiger partial charge in [-0.1, -0.05) is 19.0 Å². The van der Waals surface area contributed by atoms with E-state index in [1.807, 2.05) is 19.3 Å². The van der Waals surface area contributed by atoms with Crippen LogP contribution >= 0.6 is 0 Å². The molecule has 0 radical (unpaired) electrons. The van der Waals surface area contributed by atoms with Gasteiger partial charge in [-0.2, -0.15) is 10.1 Å². The van der Waals surface area contributed by atoms with E-state index in [0.717, 1.165) is 12.8 Å². The Morgan fingerprint density at radius 1 is 1.39 bits per heavy atom. The predicted octanol–water partition coefficient (Wildman–Crippen LogP) is 1.49. The Balaban J connectivity index is 2.35. The van der Waals surface area contributed by atoms with Crippen molar-refractivity contribution >= 4 is 0 Å². The average molecular weight is 249 g/mol. The molecule has 98 valence electrons. The molecule has 0 bridgehead atoms. The van der Waals surface area contributed by atoms with E-state index >= 15 is 0 Å². The first kappa shape index (κ1) is 12.8. The van der Waals surface area contributed by atoms with E-state index in [4.69, 9.17) is 10.3 Å². The molecule has 0 saturated heterocycles. The smallest absolute Gasteiger partial charge is 0.234 e. The lowest BCUT2D eigenvalue weighted by Crippen LogP contribution is -2.34. The second kappa shape index (κ2) is 4.89. The first-order chi connectivity index (χ1) is 8.65. The summed E-state index contributed by atoms with van der Waals surface area (Å²) in [6, 6.07) is 1.86. The lowest BCUT2D eigenvalue weighted by molar-refractivity contribution is 0.267. The highest BCUT2D eigenvalue weighted by Crippen LogP contribution is 2.30. The third-order valence-electron chi connectivity index (χ3n) is 3.57. The van der Waals surface area contributed by atoms with Crippen molar-refractivity contribution in [3.8, 4) is 11.5 Å². The maximum absolute atomic E-state index is 5.87. The minimum absolute atomic E-state index is 0.222. The van der Waals surface area contributed by atoms with Gasteiger partial charge in [0.05, 0.1) is 5.41 Å². The summed E-state index contributed by atoms with van der Waals surface area (Å²) >= 11 is 0. The van der Waals surface area contributed by atoms with Crippen molar-refractivity contribution in [3.63, 3.8) is 0 Å². The fraction of sp³-hybridized carbons (Fsp3) is 0.583. The third-order valence-corrected chi connectivity index (χ3v) is 3.57. The van der Waals surface area contributed by atoms with Gasteiger partial charge in [0, 0.05) is 19.8 Å². The molecule has 0 spiro atoms. The van der Waals surface area contributed by atoms with Crippen LogP contribution in [0, 0.1) is 0 Å². The fourth-order valence-electron chi connectivity index (χ4n) is 2.01. The molecule has 0 aliphatic rings.